The summed E-state index contributed by atoms with van der Waals surface area (Å²) in [6.07, 6.45) is -0.827. The zero-order valence-corrected chi connectivity index (χ0v) is 29.2. The Morgan fingerprint density at radius 2 is 1.88 bits per heavy atom. The monoisotopic (exact) mass is 702 g/mol. The van der Waals surface area contributed by atoms with E-state index in [1.54, 1.807) is 10.4 Å². The third-order valence-electron chi connectivity index (χ3n) is 9.75. The van der Waals surface area contributed by atoms with E-state index in [0.717, 1.165) is 60.3 Å². The topological polar surface area (TPSA) is 110 Å². The van der Waals surface area contributed by atoms with E-state index in [2.05, 4.69) is 61.7 Å². The Kier molecular flexibility index (Phi) is 9.76. The second kappa shape index (κ2) is 13.5. The molecular formula is C33H41F3N8O2S2. The minimum absolute atomic E-state index is 0.109. The fourth-order valence-electron chi connectivity index (χ4n) is 7.20. The molecule has 0 radical (unpaired) electrons. The average molecular weight is 703 g/mol. The van der Waals surface area contributed by atoms with Gasteiger partial charge in [0.25, 0.3) is 0 Å². The maximum Gasteiger partial charge on any atom is 0.393 e. The highest BCUT2D eigenvalue weighted by Crippen LogP contribution is 2.34. The number of piperazine rings is 1. The summed E-state index contributed by atoms with van der Waals surface area (Å²) < 4.78 is 66.8. The molecule has 0 spiro atoms. The predicted molar refractivity (Wildman–Crippen MR) is 183 cm³/mol. The van der Waals surface area contributed by atoms with Crippen LogP contribution in [-0.2, 0) is 29.5 Å². The van der Waals surface area contributed by atoms with Gasteiger partial charge in [-0.15, -0.1) is 11.3 Å². The lowest BCUT2D eigenvalue weighted by molar-refractivity contribution is -0.126. The molecule has 0 unspecified atom stereocenters. The van der Waals surface area contributed by atoms with Crippen LogP contribution in [0, 0.1) is 18.3 Å². The molecule has 0 amide bonds. The first-order chi connectivity index (χ1) is 22.7. The molecule has 3 aromatic heterocycles. The number of piperidine rings is 1. The number of fused-ring (bicyclic) bond motifs is 2. The third kappa shape index (κ3) is 7.47. The number of halogens is 3. The predicted octanol–water partition coefficient (Wildman–Crippen LogP) is 5.36. The van der Waals surface area contributed by atoms with Crippen LogP contribution in [0.15, 0.2) is 30.6 Å². The van der Waals surface area contributed by atoms with E-state index < -0.39 is 22.6 Å². The van der Waals surface area contributed by atoms with Crippen LogP contribution in [0.25, 0.3) is 21.1 Å². The van der Waals surface area contributed by atoms with E-state index in [9.17, 15) is 26.9 Å². The van der Waals surface area contributed by atoms with Crippen LogP contribution in [-0.4, -0.2) is 100 Å². The van der Waals surface area contributed by atoms with Gasteiger partial charge in [0.05, 0.1) is 18.1 Å². The lowest BCUT2D eigenvalue weighted by Crippen LogP contribution is -2.56. The van der Waals surface area contributed by atoms with Crippen molar-refractivity contribution in [2.75, 3.05) is 44.3 Å². The second-order valence-electron chi connectivity index (χ2n) is 13.2. The Balaban J connectivity index is 1.09. The molecular weight excluding hydrogens is 662 g/mol. The third-order valence-corrected chi connectivity index (χ3v) is 12.2. The van der Waals surface area contributed by atoms with Crippen molar-refractivity contribution >= 4 is 48.3 Å². The van der Waals surface area contributed by atoms with Crippen LogP contribution in [0.4, 0.5) is 19.0 Å². The molecule has 6 rings (SSSR count). The van der Waals surface area contributed by atoms with E-state index in [-0.39, 0.29) is 23.0 Å². The number of rotatable bonds is 9. The molecule has 1 N–H and O–H groups in total. The van der Waals surface area contributed by atoms with Crippen molar-refractivity contribution in [3.05, 3.63) is 52.3 Å². The van der Waals surface area contributed by atoms with Crippen molar-refractivity contribution in [1.29, 1.82) is 5.26 Å². The number of sulfonamides is 1. The molecule has 10 nitrogen and oxygen atoms in total. The maximum atomic E-state index is 13.0. The van der Waals surface area contributed by atoms with Crippen molar-refractivity contribution in [1.82, 2.24) is 28.6 Å². The molecule has 2 atom stereocenters. The summed E-state index contributed by atoms with van der Waals surface area (Å²) in [4.78, 5) is 14.0. The number of aromatic nitrogens is 3. The van der Waals surface area contributed by atoms with Gasteiger partial charge in [-0.25, -0.2) is 18.4 Å². The minimum Gasteiger partial charge on any atom is -0.367 e. The highest BCUT2D eigenvalue weighted by Gasteiger charge is 2.32. The zero-order valence-electron chi connectivity index (χ0n) is 27.6. The van der Waals surface area contributed by atoms with E-state index in [1.165, 1.54) is 18.1 Å². The number of hydrogen-bond acceptors (Lipinski definition) is 9. The molecule has 2 saturated heterocycles. The lowest BCUT2D eigenvalue weighted by atomic mass is 10.0. The van der Waals surface area contributed by atoms with Gasteiger partial charge in [0.1, 0.15) is 28.7 Å². The Morgan fingerprint density at radius 3 is 2.54 bits per heavy atom. The van der Waals surface area contributed by atoms with Gasteiger partial charge in [-0.2, -0.15) is 22.7 Å². The van der Waals surface area contributed by atoms with Crippen LogP contribution in [0.5, 0.6) is 0 Å². The van der Waals surface area contributed by atoms with E-state index in [0.29, 0.717) is 47.9 Å². The van der Waals surface area contributed by atoms with Crippen LogP contribution in [0.2, 0.25) is 0 Å². The molecule has 0 bridgehead atoms. The molecule has 48 heavy (non-hydrogen) atoms. The number of hydrogen-bond donors (Lipinski definition) is 1. The van der Waals surface area contributed by atoms with Gasteiger partial charge in [-0.05, 0) is 62.9 Å². The number of nitrogens with zero attached hydrogens (tertiary/aromatic N) is 7. The van der Waals surface area contributed by atoms with Crippen LogP contribution in [0.3, 0.4) is 0 Å². The van der Waals surface area contributed by atoms with Gasteiger partial charge in [0, 0.05) is 79.7 Å². The fraction of sp³-hybridized carbons (Fsp3) is 0.545. The molecule has 0 saturated carbocycles. The molecule has 0 aliphatic carbocycles. The van der Waals surface area contributed by atoms with Gasteiger partial charge >= 0.3 is 6.18 Å². The van der Waals surface area contributed by atoms with Gasteiger partial charge < -0.3 is 9.88 Å². The number of aryl methyl sites for hydroxylation is 1. The molecule has 15 heteroatoms. The normalized spacial score (nSPS) is 20.0. The molecule has 4 aromatic rings. The molecule has 2 aliphatic rings. The average Bonchev–Trinajstić information content (AvgIpc) is 3.59. The first-order valence-corrected chi connectivity index (χ1v) is 18.9. The minimum atomic E-state index is -4.27. The Morgan fingerprint density at radius 1 is 1.12 bits per heavy atom. The largest absolute Gasteiger partial charge is 0.393 e. The summed E-state index contributed by atoms with van der Waals surface area (Å²) in [7, 11) is -3.24. The van der Waals surface area contributed by atoms with Crippen LogP contribution in [0.1, 0.15) is 48.4 Å². The smallest absolute Gasteiger partial charge is 0.367 e. The highest BCUT2D eigenvalue weighted by molar-refractivity contribution is 7.88. The summed E-state index contributed by atoms with van der Waals surface area (Å²) in [5, 5.41) is 15.2. The van der Waals surface area contributed by atoms with Crippen LogP contribution >= 0.6 is 11.3 Å². The molecule has 2 aliphatic heterocycles. The van der Waals surface area contributed by atoms with Crippen molar-refractivity contribution in [2.24, 2.45) is 0 Å². The van der Waals surface area contributed by atoms with Crippen molar-refractivity contribution in [3.8, 4) is 6.07 Å². The number of nitrogens with one attached hydrogen (secondary N) is 1. The second-order valence-corrected chi connectivity index (χ2v) is 16.3. The van der Waals surface area contributed by atoms with Crippen molar-refractivity contribution in [2.45, 2.75) is 77.4 Å². The number of alkyl halides is 3. The zero-order chi connectivity index (χ0) is 34.4. The highest BCUT2D eigenvalue weighted by atomic mass is 32.2. The van der Waals surface area contributed by atoms with Gasteiger partial charge in [0.2, 0.25) is 10.0 Å². The van der Waals surface area contributed by atoms with E-state index in [1.807, 2.05) is 13.0 Å². The van der Waals surface area contributed by atoms with Crippen molar-refractivity contribution in [3.63, 3.8) is 0 Å². The summed E-state index contributed by atoms with van der Waals surface area (Å²) in [5.41, 5.74) is 4.00. The maximum absolute atomic E-state index is 13.0. The lowest BCUT2D eigenvalue weighted by Gasteiger charge is -2.41. The Bertz CT molecular complexity index is 1940. The summed E-state index contributed by atoms with van der Waals surface area (Å²) >= 11 is 1.06. The first-order valence-electron chi connectivity index (χ1n) is 16.2. The number of likely N-dealkylation sites (tertiary alicyclic amines) is 1. The number of thiophene rings is 1. The van der Waals surface area contributed by atoms with Gasteiger partial charge in [-0.1, -0.05) is 6.07 Å². The first kappa shape index (κ1) is 34.6. The Labute approximate surface area is 283 Å². The molecule has 258 valence electrons. The van der Waals surface area contributed by atoms with Crippen LogP contribution < -0.4 is 5.32 Å². The van der Waals surface area contributed by atoms with E-state index >= 15 is 0 Å². The van der Waals surface area contributed by atoms with Gasteiger partial charge in [-0.3, -0.25) is 9.80 Å². The van der Waals surface area contributed by atoms with E-state index in [4.69, 9.17) is 0 Å². The quantitative estimate of drug-likeness (QED) is 0.248. The SMILES string of the molecule is Cc1c(CN2CCC(Nc3ncnc4sc(CC(F)(F)F)cc34)CC2)ccc2c1cc(C#N)n2C[C@H](C)N1CCN(S(C)(=O)=O)[C@H](C)C1. The Hall–Kier alpha value is -3.29. The molecule has 5 heterocycles. The van der Waals surface area contributed by atoms with Gasteiger partial charge in [0.15, 0.2) is 0 Å². The molecule has 2 fully saturated rings. The fourth-order valence-corrected chi connectivity index (χ4v) is 9.36. The summed E-state index contributed by atoms with van der Waals surface area (Å²) in [6.45, 7) is 11.1. The van der Waals surface area contributed by atoms with Crippen molar-refractivity contribution < 1.29 is 21.6 Å². The summed E-state index contributed by atoms with van der Waals surface area (Å²) in [5.74, 6) is 0.585. The number of nitriles is 1. The number of benzene rings is 1. The number of anilines is 1. The summed E-state index contributed by atoms with van der Waals surface area (Å²) in [6, 6.07) is 10.3. The molecule has 1 aromatic carbocycles. The standard InChI is InChI=1S/C33H41F3N8O2S2/c1-21(42-11-12-44(22(2)17-42)48(4,45)46)18-43-26(16-37)13-28-23(3)24(5-6-30(28)43)19-41-9-7-25(8-10-41)40-31-29-14-27(15-33(34,35)36)47-32(29)39-20-38-31/h5-6,13-14,20-22,25H,7-12,15,17-19H2,1-4H3,(H,38,39,40)/t21-,22+/m0/s1.